The standard InChI is InChI=1S/C25H26Cl2N4O3/c1-15(2)12-22(30-23(32)19-10-7-17(26)13-20(19)27)24(33)29-21-4-3-11-31(25(21)34)18-8-5-16(14-28)6-9-18/h5-10,13,15,21-22H,3-4,11-12H2,1-2H3,(H,29,33)(H,30,32)/t21?,22-/m0/s1. The Hall–Kier alpha value is -3.08. The van der Waals surface area contributed by atoms with Gasteiger partial charge in [0.05, 0.1) is 22.2 Å². The van der Waals surface area contributed by atoms with Gasteiger partial charge in [-0.2, -0.15) is 5.26 Å². The Morgan fingerprint density at radius 3 is 2.50 bits per heavy atom. The third-order valence-corrected chi connectivity index (χ3v) is 6.12. The Balaban J connectivity index is 1.72. The van der Waals surface area contributed by atoms with Crippen molar-refractivity contribution >= 4 is 46.6 Å². The van der Waals surface area contributed by atoms with Crippen LogP contribution in [0, 0.1) is 17.2 Å². The van der Waals surface area contributed by atoms with Crippen LogP contribution in [0.4, 0.5) is 5.69 Å². The fraction of sp³-hybridized carbons (Fsp3) is 0.360. The highest BCUT2D eigenvalue weighted by Gasteiger charge is 2.33. The summed E-state index contributed by atoms with van der Waals surface area (Å²) in [5, 5.41) is 15.2. The van der Waals surface area contributed by atoms with Crippen LogP contribution in [0.2, 0.25) is 10.0 Å². The second-order valence-electron chi connectivity index (χ2n) is 8.63. The molecule has 1 aliphatic heterocycles. The van der Waals surface area contributed by atoms with Crippen LogP contribution in [0.25, 0.3) is 0 Å². The van der Waals surface area contributed by atoms with E-state index < -0.39 is 23.9 Å². The van der Waals surface area contributed by atoms with Crippen molar-refractivity contribution in [3.63, 3.8) is 0 Å². The van der Waals surface area contributed by atoms with Crippen molar-refractivity contribution in [2.24, 2.45) is 5.92 Å². The Morgan fingerprint density at radius 2 is 1.88 bits per heavy atom. The molecule has 178 valence electrons. The molecule has 0 spiro atoms. The molecule has 1 unspecified atom stereocenters. The Morgan fingerprint density at radius 1 is 1.18 bits per heavy atom. The molecule has 2 N–H and O–H groups in total. The third-order valence-electron chi connectivity index (χ3n) is 5.57. The molecule has 1 fully saturated rings. The summed E-state index contributed by atoms with van der Waals surface area (Å²) in [6.07, 6.45) is 1.60. The molecule has 1 saturated heterocycles. The fourth-order valence-electron chi connectivity index (χ4n) is 3.87. The van der Waals surface area contributed by atoms with Gasteiger partial charge in [-0.1, -0.05) is 37.0 Å². The lowest BCUT2D eigenvalue weighted by atomic mass is 10.00. The SMILES string of the molecule is CC(C)C[C@H](NC(=O)c1ccc(Cl)cc1Cl)C(=O)NC1CCCN(c2ccc(C#N)cc2)C1=O. The van der Waals surface area contributed by atoms with Gasteiger partial charge in [0.25, 0.3) is 5.91 Å². The van der Waals surface area contributed by atoms with Crippen molar-refractivity contribution in [1.29, 1.82) is 5.26 Å². The topological polar surface area (TPSA) is 102 Å². The van der Waals surface area contributed by atoms with E-state index in [1.807, 2.05) is 13.8 Å². The lowest BCUT2D eigenvalue weighted by molar-refractivity contribution is -0.129. The molecule has 2 atom stereocenters. The first-order chi connectivity index (χ1) is 16.2. The molecular formula is C25H26Cl2N4O3. The summed E-state index contributed by atoms with van der Waals surface area (Å²) in [6.45, 7) is 4.42. The molecule has 3 rings (SSSR count). The minimum absolute atomic E-state index is 0.119. The van der Waals surface area contributed by atoms with E-state index in [1.54, 1.807) is 35.2 Å². The molecule has 0 radical (unpaired) electrons. The number of carbonyl (C=O) groups is 3. The predicted molar refractivity (Wildman–Crippen MR) is 132 cm³/mol. The van der Waals surface area contributed by atoms with Crippen LogP contribution in [0.5, 0.6) is 0 Å². The van der Waals surface area contributed by atoms with Crippen LogP contribution in [0.1, 0.15) is 49.0 Å². The highest BCUT2D eigenvalue weighted by molar-refractivity contribution is 6.36. The van der Waals surface area contributed by atoms with Crippen LogP contribution in [-0.2, 0) is 9.59 Å². The Labute approximate surface area is 209 Å². The quantitative estimate of drug-likeness (QED) is 0.590. The van der Waals surface area contributed by atoms with Gasteiger partial charge in [-0.3, -0.25) is 14.4 Å². The minimum atomic E-state index is -0.836. The molecule has 34 heavy (non-hydrogen) atoms. The predicted octanol–water partition coefficient (Wildman–Crippen LogP) is 4.32. The second kappa shape index (κ2) is 11.4. The normalized spacial score (nSPS) is 16.6. The van der Waals surface area contributed by atoms with Crippen molar-refractivity contribution < 1.29 is 14.4 Å². The van der Waals surface area contributed by atoms with Crippen molar-refractivity contribution in [2.45, 2.75) is 45.2 Å². The smallest absolute Gasteiger partial charge is 0.253 e. The molecular weight excluding hydrogens is 475 g/mol. The first-order valence-electron chi connectivity index (χ1n) is 11.1. The van der Waals surface area contributed by atoms with Crippen molar-refractivity contribution in [1.82, 2.24) is 10.6 Å². The number of carbonyl (C=O) groups excluding carboxylic acids is 3. The number of anilines is 1. The lowest BCUT2D eigenvalue weighted by Gasteiger charge is -2.33. The number of nitriles is 1. The van der Waals surface area contributed by atoms with E-state index in [-0.39, 0.29) is 22.4 Å². The zero-order valence-electron chi connectivity index (χ0n) is 19.0. The number of hydrogen-bond donors (Lipinski definition) is 2. The number of halogens is 2. The summed E-state index contributed by atoms with van der Waals surface area (Å²) >= 11 is 12.1. The van der Waals surface area contributed by atoms with Crippen LogP contribution < -0.4 is 15.5 Å². The molecule has 2 aromatic carbocycles. The van der Waals surface area contributed by atoms with Gasteiger partial charge in [0.15, 0.2) is 0 Å². The van der Waals surface area contributed by atoms with Gasteiger partial charge in [0.2, 0.25) is 11.8 Å². The van der Waals surface area contributed by atoms with E-state index in [4.69, 9.17) is 28.5 Å². The zero-order valence-corrected chi connectivity index (χ0v) is 20.5. The molecule has 0 aliphatic carbocycles. The maximum atomic E-state index is 13.1. The molecule has 0 bridgehead atoms. The summed E-state index contributed by atoms with van der Waals surface area (Å²) in [6, 6.07) is 11.8. The van der Waals surface area contributed by atoms with Crippen molar-refractivity contribution in [3.8, 4) is 6.07 Å². The maximum Gasteiger partial charge on any atom is 0.253 e. The van der Waals surface area contributed by atoms with E-state index in [9.17, 15) is 14.4 Å². The van der Waals surface area contributed by atoms with Gasteiger partial charge >= 0.3 is 0 Å². The fourth-order valence-corrected chi connectivity index (χ4v) is 4.36. The molecule has 1 aliphatic rings. The molecule has 2 aromatic rings. The summed E-state index contributed by atoms with van der Waals surface area (Å²) in [4.78, 5) is 40.7. The highest BCUT2D eigenvalue weighted by atomic mass is 35.5. The lowest BCUT2D eigenvalue weighted by Crippen LogP contribution is -2.56. The van der Waals surface area contributed by atoms with Gasteiger partial charge in [0, 0.05) is 17.3 Å². The van der Waals surface area contributed by atoms with Gasteiger partial charge < -0.3 is 15.5 Å². The van der Waals surface area contributed by atoms with E-state index in [1.165, 1.54) is 12.1 Å². The largest absolute Gasteiger partial charge is 0.342 e. The molecule has 3 amide bonds. The van der Waals surface area contributed by atoms with Crippen LogP contribution in [-0.4, -0.2) is 36.3 Å². The Kier molecular flexibility index (Phi) is 8.54. The Bertz CT molecular complexity index is 1110. The summed E-state index contributed by atoms with van der Waals surface area (Å²) in [7, 11) is 0. The average Bonchev–Trinajstić information content (AvgIpc) is 2.79. The molecule has 0 saturated carbocycles. The number of nitrogens with one attached hydrogen (secondary N) is 2. The third kappa shape index (κ3) is 6.28. The first-order valence-corrected chi connectivity index (χ1v) is 11.8. The number of rotatable bonds is 7. The number of hydrogen-bond acceptors (Lipinski definition) is 4. The monoisotopic (exact) mass is 500 g/mol. The van der Waals surface area contributed by atoms with Crippen molar-refractivity contribution in [2.75, 3.05) is 11.4 Å². The van der Waals surface area contributed by atoms with Crippen LogP contribution >= 0.6 is 23.2 Å². The van der Waals surface area contributed by atoms with Gasteiger partial charge in [-0.25, -0.2) is 0 Å². The van der Waals surface area contributed by atoms with Crippen LogP contribution in [0.15, 0.2) is 42.5 Å². The highest BCUT2D eigenvalue weighted by Crippen LogP contribution is 2.23. The number of piperidine rings is 1. The summed E-state index contributed by atoms with van der Waals surface area (Å²) < 4.78 is 0. The molecule has 9 heteroatoms. The molecule has 7 nitrogen and oxygen atoms in total. The van der Waals surface area contributed by atoms with E-state index in [0.29, 0.717) is 42.1 Å². The average molecular weight is 501 g/mol. The van der Waals surface area contributed by atoms with Gasteiger partial charge in [0.1, 0.15) is 12.1 Å². The molecule has 1 heterocycles. The van der Waals surface area contributed by atoms with Crippen LogP contribution in [0.3, 0.4) is 0 Å². The second-order valence-corrected chi connectivity index (χ2v) is 9.48. The van der Waals surface area contributed by atoms with E-state index >= 15 is 0 Å². The maximum absolute atomic E-state index is 13.1. The van der Waals surface area contributed by atoms with Gasteiger partial charge in [-0.05, 0) is 67.6 Å². The minimum Gasteiger partial charge on any atom is -0.342 e. The van der Waals surface area contributed by atoms with E-state index in [2.05, 4.69) is 16.7 Å². The number of benzene rings is 2. The summed E-state index contributed by atoms with van der Waals surface area (Å²) in [5.74, 6) is -1.02. The van der Waals surface area contributed by atoms with Gasteiger partial charge in [-0.15, -0.1) is 0 Å². The van der Waals surface area contributed by atoms with Crippen molar-refractivity contribution in [3.05, 3.63) is 63.6 Å². The molecule has 0 aromatic heterocycles. The first kappa shape index (κ1) is 25.5. The summed E-state index contributed by atoms with van der Waals surface area (Å²) in [5.41, 5.74) is 1.40. The number of nitrogens with zero attached hydrogens (tertiary/aromatic N) is 2. The number of amides is 3. The van der Waals surface area contributed by atoms with E-state index in [0.717, 1.165) is 0 Å². The zero-order chi connectivity index (χ0) is 24.8.